The quantitative estimate of drug-likeness (QED) is 0.907. The Kier molecular flexibility index (Phi) is 4.81. The first-order chi connectivity index (χ1) is 9.49. The van der Waals surface area contributed by atoms with Crippen molar-refractivity contribution in [1.29, 1.82) is 0 Å². The van der Waals surface area contributed by atoms with Crippen LogP contribution in [-0.2, 0) is 0 Å². The van der Waals surface area contributed by atoms with E-state index in [-0.39, 0.29) is 11.9 Å². The smallest absolute Gasteiger partial charge is 0.252 e. The fourth-order valence-corrected chi connectivity index (χ4v) is 2.86. The highest BCUT2D eigenvalue weighted by Gasteiger charge is 2.20. The number of nitrogens with one attached hydrogen (secondary N) is 1. The first kappa shape index (κ1) is 15.0. The lowest BCUT2D eigenvalue weighted by molar-refractivity contribution is 0.0852. The molecule has 0 saturated heterocycles. The molecule has 2 aromatic rings. The second kappa shape index (κ2) is 6.39. The van der Waals surface area contributed by atoms with E-state index in [2.05, 4.69) is 5.32 Å². The van der Waals surface area contributed by atoms with Gasteiger partial charge >= 0.3 is 0 Å². The van der Waals surface area contributed by atoms with Crippen LogP contribution in [0, 0.1) is 6.92 Å². The maximum atomic E-state index is 12.1. The molecule has 2 rings (SSSR count). The van der Waals surface area contributed by atoms with E-state index >= 15 is 0 Å². The van der Waals surface area contributed by atoms with E-state index < -0.39 is 6.10 Å². The molecule has 5 heteroatoms. The molecule has 0 fully saturated rings. The van der Waals surface area contributed by atoms with Gasteiger partial charge in [-0.15, -0.1) is 0 Å². The fourth-order valence-electron chi connectivity index (χ4n) is 1.91. The number of amides is 1. The normalized spacial score (nSPS) is 13.8. The highest BCUT2D eigenvalue weighted by molar-refractivity contribution is 7.08. The zero-order valence-electron chi connectivity index (χ0n) is 11.3. The number of halogens is 1. The predicted molar refractivity (Wildman–Crippen MR) is 82.4 cm³/mol. The van der Waals surface area contributed by atoms with Crippen LogP contribution >= 0.6 is 22.9 Å². The summed E-state index contributed by atoms with van der Waals surface area (Å²) in [4.78, 5) is 12.1. The Bertz CT molecular complexity index is 594. The van der Waals surface area contributed by atoms with Crippen molar-refractivity contribution in [3.05, 3.63) is 56.7 Å². The summed E-state index contributed by atoms with van der Waals surface area (Å²) in [6, 6.07) is 6.56. The molecule has 0 aliphatic carbocycles. The summed E-state index contributed by atoms with van der Waals surface area (Å²) in [6.45, 7) is 3.67. The molecule has 1 heterocycles. The lowest BCUT2D eigenvalue weighted by atomic mass is 10.0. The van der Waals surface area contributed by atoms with Gasteiger partial charge < -0.3 is 10.4 Å². The summed E-state index contributed by atoms with van der Waals surface area (Å²) < 4.78 is 0. The monoisotopic (exact) mass is 309 g/mol. The molecule has 0 aliphatic heterocycles. The van der Waals surface area contributed by atoms with Crippen LogP contribution in [0.1, 0.15) is 34.5 Å². The predicted octanol–water partition coefficient (Wildman–Crippen LogP) is 3.56. The van der Waals surface area contributed by atoms with Crippen LogP contribution in [0.3, 0.4) is 0 Å². The Labute approximate surface area is 127 Å². The molecule has 0 bridgehead atoms. The van der Waals surface area contributed by atoms with Gasteiger partial charge in [-0.2, -0.15) is 11.3 Å². The Morgan fingerprint density at radius 2 is 1.95 bits per heavy atom. The molecule has 0 saturated carbocycles. The summed E-state index contributed by atoms with van der Waals surface area (Å²) >= 11 is 7.31. The molecule has 0 radical (unpaired) electrons. The van der Waals surface area contributed by atoms with Crippen molar-refractivity contribution in [3.63, 3.8) is 0 Å². The number of carbonyl (C=O) groups is 1. The van der Waals surface area contributed by atoms with E-state index in [0.717, 1.165) is 11.1 Å². The van der Waals surface area contributed by atoms with E-state index in [1.807, 2.05) is 17.7 Å². The van der Waals surface area contributed by atoms with E-state index in [0.29, 0.717) is 10.6 Å². The van der Waals surface area contributed by atoms with Crippen LogP contribution in [0.5, 0.6) is 0 Å². The number of thiophene rings is 1. The number of hydrogen-bond acceptors (Lipinski definition) is 3. The molecule has 2 atom stereocenters. The number of benzene rings is 1. The molecule has 1 amide bonds. The van der Waals surface area contributed by atoms with Gasteiger partial charge in [-0.05, 0) is 42.5 Å². The van der Waals surface area contributed by atoms with Gasteiger partial charge in [0.05, 0.1) is 17.7 Å². The largest absolute Gasteiger partial charge is 0.386 e. The molecular formula is C15H16ClNO2S. The van der Waals surface area contributed by atoms with Gasteiger partial charge in [0.1, 0.15) is 0 Å². The topological polar surface area (TPSA) is 49.3 Å². The van der Waals surface area contributed by atoms with Gasteiger partial charge in [0.2, 0.25) is 0 Å². The van der Waals surface area contributed by atoms with Gasteiger partial charge in [0, 0.05) is 10.4 Å². The lowest BCUT2D eigenvalue weighted by Crippen LogP contribution is -2.37. The SMILES string of the molecule is Cc1cscc1C(=O)NC(C)C(O)c1ccc(Cl)cc1. The number of aryl methyl sites for hydroxylation is 1. The first-order valence-electron chi connectivity index (χ1n) is 6.26. The average molecular weight is 310 g/mol. The summed E-state index contributed by atoms with van der Waals surface area (Å²) in [7, 11) is 0. The second-order valence-electron chi connectivity index (χ2n) is 4.73. The molecule has 1 aromatic heterocycles. The van der Waals surface area contributed by atoms with Gasteiger partial charge in [0.15, 0.2) is 0 Å². The van der Waals surface area contributed by atoms with Crippen LogP contribution in [0.4, 0.5) is 0 Å². The summed E-state index contributed by atoms with van der Waals surface area (Å²) in [5.41, 5.74) is 2.33. The van der Waals surface area contributed by atoms with Gasteiger partial charge in [-0.25, -0.2) is 0 Å². The van der Waals surface area contributed by atoms with Crippen molar-refractivity contribution >= 4 is 28.8 Å². The maximum absolute atomic E-state index is 12.1. The van der Waals surface area contributed by atoms with E-state index in [9.17, 15) is 9.90 Å². The van der Waals surface area contributed by atoms with Gasteiger partial charge in [-0.3, -0.25) is 4.79 Å². The van der Waals surface area contributed by atoms with Crippen molar-refractivity contribution < 1.29 is 9.90 Å². The van der Waals surface area contributed by atoms with Crippen molar-refractivity contribution in [1.82, 2.24) is 5.32 Å². The van der Waals surface area contributed by atoms with Crippen LogP contribution in [0.15, 0.2) is 35.0 Å². The molecule has 106 valence electrons. The third-order valence-electron chi connectivity index (χ3n) is 3.14. The number of aliphatic hydroxyl groups is 1. The van der Waals surface area contributed by atoms with E-state index in [4.69, 9.17) is 11.6 Å². The van der Waals surface area contributed by atoms with E-state index in [1.54, 1.807) is 31.2 Å². The molecule has 3 nitrogen and oxygen atoms in total. The number of carbonyl (C=O) groups excluding carboxylic acids is 1. The number of rotatable bonds is 4. The van der Waals surface area contributed by atoms with Gasteiger partial charge in [0.25, 0.3) is 5.91 Å². The third kappa shape index (κ3) is 3.39. The zero-order valence-corrected chi connectivity index (χ0v) is 12.8. The van der Waals surface area contributed by atoms with Crippen LogP contribution in [-0.4, -0.2) is 17.1 Å². The second-order valence-corrected chi connectivity index (χ2v) is 5.91. The van der Waals surface area contributed by atoms with Crippen LogP contribution < -0.4 is 5.32 Å². The summed E-state index contributed by atoms with van der Waals surface area (Å²) in [6.07, 6.45) is -0.768. The Morgan fingerprint density at radius 1 is 1.30 bits per heavy atom. The van der Waals surface area contributed by atoms with E-state index in [1.165, 1.54) is 11.3 Å². The Hall–Kier alpha value is -1.36. The number of aliphatic hydroxyl groups excluding tert-OH is 1. The molecule has 0 spiro atoms. The van der Waals surface area contributed by atoms with Crippen molar-refractivity contribution in [3.8, 4) is 0 Å². The van der Waals surface area contributed by atoms with Crippen molar-refractivity contribution in [2.24, 2.45) is 0 Å². The lowest BCUT2D eigenvalue weighted by Gasteiger charge is -2.20. The molecule has 2 N–H and O–H groups in total. The molecule has 2 unspecified atom stereocenters. The first-order valence-corrected chi connectivity index (χ1v) is 7.58. The highest BCUT2D eigenvalue weighted by Crippen LogP contribution is 2.20. The standard InChI is InChI=1S/C15H16ClNO2S/c1-9-7-20-8-13(9)15(19)17-10(2)14(18)11-3-5-12(16)6-4-11/h3-8,10,14,18H,1-2H3,(H,17,19). The van der Waals surface area contributed by atoms with Crippen molar-refractivity contribution in [2.45, 2.75) is 26.0 Å². The average Bonchev–Trinajstić information content (AvgIpc) is 2.85. The number of hydrogen-bond donors (Lipinski definition) is 2. The molecule has 1 aromatic carbocycles. The minimum Gasteiger partial charge on any atom is -0.386 e. The zero-order chi connectivity index (χ0) is 14.7. The minimum absolute atomic E-state index is 0.163. The van der Waals surface area contributed by atoms with Gasteiger partial charge in [-0.1, -0.05) is 23.7 Å². The van der Waals surface area contributed by atoms with Crippen LogP contribution in [0.2, 0.25) is 5.02 Å². The minimum atomic E-state index is -0.768. The molecule has 0 aliphatic rings. The third-order valence-corrected chi connectivity index (χ3v) is 4.26. The fraction of sp³-hybridized carbons (Fsp3) is 0.267. The molecular weight excluding hydrogens is 294 g/mol. The summed E-state index contributed by atoms with van der Waals surface area (Å²) in [5, 5.41) is 17.4. The Balaban J connectivity index is 2.04. The Morgan fingerprint density at radius 3 is 2.50 bits per heavy atom. The highest BCUT2D eigenvalue weighted by atomic mass is 35.5. The van der Waals surface area contributed by atoms with Crippen molar-refractivity contribution in [2.75, 3.05) is 0 Å². The summed E-state index contributed by atoms with van der Waals surface area (Å²) in [5.74, 6) is -0.163. The molecule has 20 heavy (non-hydrogen) atoms. The maximum Gasteiger partial charge on any atom is 0.252 e. The van der Waals surface area contributed by atoms with Crippen LogP contribution in [0.25, 0.3) is 0 Å².